The van der Waals surface area contributed by atoms with Crippen LogP contribution in [0.15, 0.2) is 0 Å². The van der Waals surface area contributed by atoms with Crippen LogP contribution in [0, 0.1) is 0 Å². The SMILES string of the molecule is CC(=O)OC(=O)C(C)(C)P(=O)(O)O. The van der Waals surface area contributed by atoms with Gasteiger partial charge in [0.1, 0.15) is 0 Å². The average Bonchev–Trinajstić information content (AvgIpc) is 1.82. The third-order valence-electron chi connectivity index (χ3n) is 1.46. The Morgan fingerprint density at radius 1 is 1.31 bits per heavy atom. The lowest BCUT2D eigenvalue weighted by atomic mass is 10.2. The zero-order valence-corrected chi connectivity index (χ0v) is 8.37. The summed E-state index contributed by atoms with van der Waals surface area (Å²) >= 11 is 0. The summed E-state index contributed by atoms with van der Waals surface area (Å²) in [6.07, 6.45) is 0. The van der Waals surface area contributed by atoms with Crippen LogP contribution < -0.4 is 0 Å². The van der Waals surface area contributed by atoms with Crippen molar-refractivity contribution in [3.8, 4) is 0 Å². The van der Waals surface area contributed by atoms with E-state index in [4.69, 9.17) is 9.79 Å². The minimum atomic E-state index is -4.61. The van der Waals surface area contributed by atoms with Crippen molar-refractivity contribution >= 4 is 19.5 Å². The molecule has 0 aliphatic carbocycles. The molecule has 0 atom stereocenters. The van der Waals surface area contributed by atoms with Crippen LogP contribution in [-0.2, 0) is 18.9 Å². The molecular formula is C6H11O6P. The van der Waals surface area contributed by atoms with Crippen molar-refractivity contribution in [2.75, 3.05) is 0 Å². The highest BCUT2D eigenvalue weighted by atomic mass is 31.2. The molecule has 0 aromatic rings. The van der Waals surface area contributed by atoms with E-state index in [1.807, 2.05) is 0 Å². The van der Waals surface area contributed by atoms with Crippen molar-refractivity contribution in [1.29, 1.82) is 0 Å². The Kier molecular flexibility index (Phi) is 3.38. The van der Waals surface area contributed by atoms with Crippen molar-refractivity contribution in [3.63, 3.8) is 0 Å². The third kappa shape index (κ3) is 2.91. The first-order valence-electron chi connectivity index (χ1n) is 3.37. The van der Waals surface area contributed by atoms with Crippen molar-refractivity contribution in [2.45, 2.75) is 25.9 Å². The molecule has 0 heterocycles. The van der Waals surface area contributed by atoms with E-state index in [1.165, 1.54) is 0 Å². The van der Waals surface area contributed by atoms with Gasteiger partial charge in [-0.1, -0.05) is 0 Å². The number of esters is 2. The molecule has 0 saturated carbocycles. The summed E-state index contributed by atoms with van der Waals surface area (Å²) in [6, 6.07) is 0. The predicted molar refractivity (Wildman–Crippen MR) is 42.9 cm³/mol. The molecule has 0 spiro atoms. The summed E-state index contributed by atoms with van der Waals surface area (Å²) in [5, 5.41) is -1.99. The van der Waals surface area contributed by atoms with Crippen LogP contribution in [-0.4, -0.2) is 26.9 Å². The molecule has 7 heteroatoms. The second-order valence-electron chi connectivity index (χ2n) is 2.98. The normalized spacial score (nSPS) is 12.4. The van der Waals surface area contributed by atoms with Gasteiger partial charge in [0.25, 0.3) is 0 Å². The Morgan fingerprint density at radius 2 is 1.69 bits per heavy atom. The van der Waals surface area contributed by atoms with Gasteiger partial charge < -0.3 is 14.5 Å². The van der Waals surface area contributed by atoms with Crippen molar-refractivity contribution < 1.29 is 28.7 Å². The minimum Gasteiger partial charge on any atom is -0.392 e. The van der Waals surface area contributed by atoms with E-state index in [-0.39, 0.29) is 0 Å². The lowest BCUT2D eigenvalue weighted by molar-refractivity contribution is -0.159. The second-order valence-corrected chi connectivity index (χ2v) is 5.19. The van der Waals surface area contributed by atoms with E-state index in [9.17, 15) is 14.2 Å². The van der Waals surface area contributed by atoms with Crippen LogP contribution in [0.2, 0.25) is 0 Å². The Hall–Kier alpha value is -0.710. The molecule has 0 bridgehead atoms. The first-order valence-corrected chi connectivity index (χ1v) is 4.99. The summed E-state index contributed by atoms with van der Waals surface area (Å²) in [5.41, 5.74) is 0. The molecule has 0 aromatic heterocycles. The van der Waals surface area contributed by atoms with Crippen LogP contribution in [0.3, 0.4) is 0 Å². The van der Waals surface area contributed by atoms with Crippen LogP contribution >= 0.6 is 7.60 Å². The topological polar surface area (TPSA) is 101 Å². The van der Waals surface area contributed by atoms with Gasteiger partial charge in [-0.15, -0.1) is 0 Å². The Labute approximate surface area is 75.1 Å². The predicted octanol–water partition coefficient (Wildman–Crippen LogP) is 0.0324. The van der Waals surface area contributed by atoms with Gasteiger partial charge in [0.2, 0.25) is 0 Å². The van der Waals surface area contributed by atoms with Crippen LogP contribution in [0.25, 0.3) is 0 Å². The van der Waals surface area contributed by atoms with Gasteiger partial charge in [-0.25, -0.2) is 0 Å². The van der Waals surface area contributed by atoms with Gasteiger partial charge in [0.15, 0.2) is 5.16 Å². The Morgan fingerprint density at radius 3 is 1.92 bits per heavy atom. The second kappa shape index (κ2) is 3.57. The van der Waals surface area contributed by atoms with Crippen LogP contribution in [0.1, 0.15) is 20.8 Å². The number of rotatable bonds is 2. The fraction of sp³-hybridized carbons (Fsp3) is 0.667. The van der Waals surface area contributed by atoms with E-state index < -0.39 is 24.7 Å². The molecule has 0 aliphatic heterocycles. The van der Waals surface area contributed by atoms with Gasteiger partial charge in [-0.3, -0.25) is 14.2 Å². The number of hydrogen-bond donors (Lipinski definition) is 2. The van der Waals surface area contributed by atoms with Crippen molar-refractivity contribution in [2.24, 2.45) is 0 Å². The molecule has 0 aromatic carbocycles. The number of carbonyl (C=O) groups is 2. The van der Waals surface area contributed by atoms with E-state index >= 15 is 0 Å². The average molecular weight is 210 g/mol. The molecule has 0 rings (SSSR count). The zero-order chi connectivity index (χ0) is 10.9. The molecule has 0 aliphatic rings. The van der Waals surface area contributed by atoms with Gasteiger partial charge in [0.05, 0.1) is 0 Å². The number of carbonyl (C=O) groups excluding carboxylic acids is 2. The molecule has 2 N–H and O–H groups in total. The van der Waals surface area contributed by atoms with Crippen LogP contribution in [0.4, 0.5) is 0 Å². The fourth-order valence-corrected chi connectivity index (χ4v) is 0.658. The summed E-state index contributed by atoms with van der Waals surface area (Å²) in [7, 11) is -4.61. The summed E-state index contributed by atoms with van der Waals surface area (Å²) in [6.45, 7) is 3.01. The first-order chi connectivity index (χ1) is 5.59. The Balaban J connectivity index is 4.76. The van der Waals surface area contributed by atoms with Crippen LogP contribution in [0.5, 0.6) is 0 Å². The maximum atomic E-state index is 11.0. The van der Waals surface area contributed by atoms with E-state index in [1.54, 1.807) is 0 Å². The summed E-state index contributed by atoms with van der Waals surface area (Å²) in [4.78, 5) is 38.8. The van der Waals surface area contributed by atoms with Gasteiger partial charge >= 0.3 is 19.5 Å². The number of hydrogen-bond acceptors (Lipinski definition) is 4. The summed E-state index contributed by atoms with van der Waals surface area (Å²) in [5.74, 6) is -2.13. The van der Waals surface area contributed by atoms with E-state index in [2.05, 4.69) is 4.74 Å². The van der Waals surface area contributed by atoms with E-state index in [0.717, 1.165) is 20.8 Å². The van der Waals surface area contributed by atoms with E-state index in [0.29, 0.717) is 0 Å². The molecule has 0 saturated heterocycles. The standard InChI is InChI=1S/C6H11O6P/c1-4(7)12-5(8)6(2,3)13(9,10)11/h1-3H3,(H2,9,10,11). The molecule has 13 heavy (non-hydrogen) atoms. The molecule has 0 unspecified atom stereocenters. The van der Waals surface area contributed by atoms with Gasteiger partial charge in [0, 0.05) is 6.92 Å². The molecular weight excluding hydrogens is 199 g/mol. The zero-order valence-electron chi connectivity index (χ0n) is 7.47. The maximum Gasteiger partial charge on any atom is 0.342 e. The molecule has 0 amide bonds. The van der Waals surface area contributed by atoms with Gasteiger partial charge in [-0.05, 0) is 13.8 Å². The lowest BCUT2D eigenvalue weighted by Gasteiger charge is -2.22. The molecule has 0 fully saturated rings. The highest BCUT2D eigenvalue weighted by molar-refractivity contribution is 7.54. The highest BCUT2D eigenvalue weighted by Gasteiger charge is 2.46. The first kappa shape index (κ1) is 12.3. The van der Waals surface area contributed by atoms with Crippen molar-refractivity contribution in [1.82, 2.24) is 0 Å². The molecule has 76 valence electrons. The maximum absolute atomic E-state index is 11.0. The lowest BCUT2D eigenvalue weighted by Crippen LogP contribution is -2.34. The summed E-state index contributed by atoms with van der Waals surface area (Å²) < 4.78 is 14.8. The van der Waals surface area contributed by atoms with Crippen molar-refractivity contribution in [3.05, 3.63) is 0 Å². The molecule has 6 nitrogen and oxygen atoms in total. The minimum absolute atomic E-state index is 0.897. The highest BCUT2D eigenvalue weighted by Crippen LogP contribution is 2.50. The number of ether oxygens (including phenoxy) is 1. The van der Waals surface area contributed by atoms with Gasteiger partial charge in [-0.2, -0.15) is 0 Å². The molecule has 0 radical (unpaired) electrons. The largest absolute Gasteiger partial charge is 0.392 e. The monoisotopic (exact) mass is 210 g/mol. The quantitative estimate of drug-likeness (QED) is 0.379. The smallest absolute Gasteiger partial charge is 0.342 e. The third-order valence-corrected chi connectivity index (χ3v) is 3.10. The fourth-order valence-electron chi connectivity index (χ4n) is 0.374. The Bertz CT molecular complexity index is 275.